The van der Waals surface area contributed by atoms with Gasteiger partial charge in [0, 0.05) is 35.4 Å². The van der Waals surface area contributed by atoms with Crippen molar-refractivity contribution in [2.24, 2.45) is 10.8 Å². The number of fused-ring (bicyclic) bond motifs is 8. The molecule has 0 aromatic heterocycles. The summed E-state index contributed by atoms with van der Waals surface area (Å²) in [5.74, 6) is -1.64. The Labute approximate surface area is 302 Å². The van der Waals surface area contributed by atoms with Gasteiger partial charge in [-0.2, -0.15) is 0 Å². The second kappa shape index (κ2) is 12.6. The Hall–Kier alpha value is -4.54. The molecule has 8 amide bonds. The molecule has 51 heavy (non-hydrogen) atoms. The topological polar surface area (TPSA) is 185 Å². The fourth-order valence-corrected chi connectivity index (χ4v) is 9.38. The highest BCUT2D eigenvalue weighted by molar-refractivity contribution is 9.10. The van der Waals surface area contributed by atoms with Gasteiger partial charge in [0.1, 0.15) is 5.75 Å². The van der Waals surface area contributed by atoms with E-state index in [1.807, 2.05) is 64.1 Å². The first-order chi connectivity index (χ1) is 24.2. The van der Waals surface area contributed by atoms with Crippen LogP contribution in [0.25, 0.3) is 0 Å². The molecule has 16 heteroatoms. The second-order valence-corrected chi connectivity index (χ2v) is 15.0. The van der Waals surface area contributed by atoms with E-state index < -0.39 is 58.6 Å². The third-order valence-electron chi connectivity index (χ3n) is 10.8. The van der Waals surface area contributed by atoms with Crippen LogP contribution in [0.2, 0.25) is 0 Å². The molecule has 2 aromatic rings. The number of nitrogens with one attached hydrogen (secondary N) is 4. The van der Waals surface area contributed by atoms with Gasteiger partial charge in [-0.3, -0.25) is 40.4 Å². The Balaban J connectivity index is 0.000000159. The maximum atomic E-state index is 12.9. The molecule has 0 aliphatic carbocycles. The zero-order valence-electron chi connectivity index (χ0n) is 28.7. The first-order valence-corrected chi connectivity index (χ1v) is 17.6. The van der Waals surface area contributed by atoms with Crippen molar-refractivity contribution in [1.29, 1.82) is 0 Å². The molecule has 15 nitrogen and oxygen atoms in total. The van der Waals surface area contributed by atoms with Crippen LogP contribution in [-0.2, 0) is 41.5 Å². The average molecular weight is 768 g/mol. The minimum atomic E-state index is -1.44. The van der Waals surface area contributed by atoms with E-state index in [9.17, 15) is 28.8 Å². The lowest BCUT2D eigenvalue weighted by molar-refractivity contribution is -0.154. The van der Waals surface area contributed by atoms with E-state index in [2.05, 4.69) is 47.0 Å². The summed E-state index contributed by atoms with van der Waals surface area (Å²) in [7, 11) is 1.57. The molecule has 6 heterocycles. The van der Waals surface area contributed by atoms with Crippen LogP contribution in [0.4, 0.5) is 21.0 Å². The van der Waals surface area contributed by atoms with E-state index in [-0.39, 0.29) is 37.3 Å². The Morgan fingerprint density at radius 2 is 1.08 bits per heavy atom. The summed E-state index contributed by atoms with van der Waals surface area (Å²) in [6, 6.07) is 8.97. The van der Waals surface area contributed by atoms with Crippen LogP contribution in [0.3, 0.4) is 0 Å². The van der Waals surface area contributed by atoms with Crippen molar-refractivity contribution >= 4 is 63.0 Å². The highest BCUT2D eigenvalue weighted by Gasteiger charge is 2.64. The van der Waals surface area contributed by atoms with Gasteiger partial charge in [-0.05, 0) is 81.6 Å². The smallest absolute Gasteiger partial charge is 0.328 e. The molecule has 4 saturated heterocycles. The first-order valence-electron chi connectivity index (χ1n) is 16.8. The van der Waals surface area contributed by atoms with Gasteiger partial charge in [0.25, 0.3) is 0 Å². The molecule has 0 saturated carbocycles. The quantitative estimate of drug-likeness (QED) is 0.311. The number of carbonyl (C=O) groups is 6. The summed E-state index contributed by atoms with van der Waals surface area (Å²) < 4.78 is 18.1. The van der Waals surface area contributed by atoms with Crippen LogP contribution in [0.1, 0.15) is 38.8 Å². The van der Waals surface area contributed by atoms with Gasteiger partial charge in [0.15, 0.2) is 10.8 Å². The molecular formula is C35H39BrN6O9. The molecule has 8 rings (SSSR count). The lowest BCUT2D eigenvalue weighted by Crippen LogP contribution is -2.75. The molecule has 6 aliphatic rings. The summed E-state index contributed by atoms with van der Waals surface area (Å²) >= 11 is 3.46. The molecule has 0 unspecified atom stereocenters. The number of halogens is 1. The number of benzene rings is 2. The van der Waals surface area contributed by atoms with E-state index in [4.69, 9.17) is 14.2 Å². The minimum Gasteiger partial charge on any atom is -0.497 e. The molecule has 0 radical (unpaired) electrons. The number of morpholine rings is 2. The summed E-state index contributed by atoms with van der Waals surface area (Å²) in [5, 5.41) is 9.10. The first kappa shape index (κ1) is 34.9. The average Bonchev–Trinajstić information content (AvgIpc) is 3.05. The molecular weight excluding hydrogens is 728 g/mol. The van der Waals surface area contributed by atoms with Crippen LogP contribution >= 0.6 is 15.9 Å². The van der Waals surface area contributed by atoms with Crippen molar-refractivity contribution in [3.8, 4) is 5.75 Å². The SMILES string of the molecule is COc1ccc2c(c1)CC1(C(=O)NC(=O)NC1=O)[C@H]1[C@H](C)O[C@H](C)CN21.C[C@@H]1CN2c3ccc(Br)cc3CC3(C(=O)NC(=O)NC3=O)[C@H]2[C@H](C)O1. The molecule has 4 N–H and O–H groups in total. The predicted octanol–water partition coefficient (Wildman–Crippen LogP) is 1.93. The van der Waals surface area contributed by atoms with E-state index in [1.165, 1.54) is 0 Å². The number of hydrogen-bond donors (Lipinski definition) is 4. The number of anilines is 2. The molecule has 270 valence electrons. The van der Waals surface area contributed by atoms with Crippen LogP contribution in [-0.4, -0.2) is 92.4 Å². The molecule has 4 fully saturated rings. The Bertz CT molecular complexity index is 1830. The van der Waals surface area contributed by atoms with Crippen molar-refractivity contribution < 1.29 is 43.0 Å². The van der Waals surface area contributed by atoms with E-state index in [0.717, 1.165) is 27.0 Å². The largest absolute Gasteiger partial charge is 0.497 e. The Morgan fingerprint density at radius 3 is 1.51 bits per heavy atom. The molecule has 2 aromatic carbocycles. The number of nitrogens with zero attached hydrogens (tertiary/aromatic N) is 2. The highest BCUT2D eigenvalue weighted by Crippen LogP contribution is 2.49. The highest BCUT2D eigenvalue weighted by atomic mass is 79.9. The number of urea groups is 2. The normalized spacial score (nSPS) is 30.0. The number of imide groups is 4. The maximum absolute atomic E-state index is 12.9. The van der Waals surface area contributed by atoms with Gasteiger partial charge in [0.2, 0.25) is 23.6 Å². The van der Waals surface area contributed by atoms with Crippen molar-refractivity contribution in [3.63, 3.8) is 0 Å². The van der Waals surface area contributed by atoms with Crippen molar-refractivity contribution in [2.75, 3.05) is 30.0 Å². The summed E-state index contributed by atoms with van der Waals surface area (Å²) in [4.78, 5) is 79.0. The summed E-state index contributed by atoms with van der Waals surface area (Å²) in [6.07, 6.45) is -0.398. The van der Waals surface area contributed by atoms with Gasteiger partial charge in [-0.15, -0.1) is 0 Å². The monoisotopic (exact) mass is 766 g/mol. The number of carbonyl (C=O) groups excluding carboxylic acids is 6. The summed E-state index contributed by atoms with van der Waals surface area (Å²) in [5.41, 5.74) is 0.848. The second-order valence-electron chi connectivity index (χ2n) is 14.0. The predicted molar refractivity (Wildman–Crippen MR) is 185 cm³/mol. The van der Waals surface area contributed by atoms with Gasteiger partial charge in [-0.25, -0.2) is 9.59 Å². The van der Waals surface area contributed by atoms with Gasteiger partial charge in [-0.1, -0.05) is 15.9 Å². The fourth-order valence-electron chi connectivity index (χ4n) is 8.97. The van der Waals surface area contributed by atoms with E-state index in [1.54, 1.807) is 7.11 Å². The fraction of sp³-hybridized carbons (Fsp3) is 0.486. The minimum absolute atomic E-state index is 0.0331. The van der Waals surface area contributed by atoms with Crippen LogP contribution in [0, 0.1) is 10.8 Å². The maximum Gasteiger partial charge on any atom is 0.328 e. The van der Waals surface area contributed by atoms with Crippen molar-refractivity contribution in [3.05, 3.63) is 52.0 Å². The molecule has 2 spiro atoms. The van der Waals surface area contributed by atoms with Gasteiger partial charge >= 0.3 is 12.1 Å². The number of methoxy groups -OCH3 is 1. The molecule has 6 atom stereocenters. The van der Waals surface area contributed by atoms with E-state index in [0.29, 0.717) is 18.8 Å². The third-order valence-corrected chi connectivity index (χ3v) is 11.3. The standard InChI is InChI=1S/C18H21N3O5.C17H18BrN3O4/c1-9-8-21-13-5-4-12(25-3)6-11(13)7-18(14(21)10(2)26-9)15(22)19-17(24)20-16(18)23;1-8-7-21-12-4-3-11(18)5-10(12)6-17(13(21)9(2)25-8)14(22)19-16(24)20-15(17)23/h4-6,9-10,14H,7-8H2,1-3H3,(H2,19,20,22,23,24);3-5,8-9,13H,6-7H2,1-2H3,(H2,19,20,22,23,24)/t9-,10+,14-;8-,9+,13-/m11/s1. The number of ether oxygens (including phenoxy) is 3. The van der Waals surface area contributed by atoms with Crippen molar-refractivity contribution in [2.45, 2.75) is 77.0 Å². The summed E-state index contributed by atoms with van der Waals surface area (Å²) in [6.45, 7) is 8.78. The van der Waals surface area contributed by atoms with Crippen LogP contribution in [0.15, 0.2) is 40.9 Å². The van der Waals surface area contributed by atoms with E-state index >= 15 is 0 Å². The van der Waals surface area contributed by atoms with Crippen LogP contribution < -0.4 is 35.8 Å². The number of barbiturate groups is 2. The number of amides is 8. The van der Waals surface area contributed by atoms with Gasteiger partial charge in [0.05, 0.1) is 43.6 Å². The molecule has 6 aliphatic heterocycles. The Morgan fingerprint density at radius 1 is 0.667 bits per heavy atom. The number of hydrogen-bond acceptors (Lipinski definition) is 11. The van der Waals surface area contributed by atoms with Crippen LogP contribution in [0.5, 0.6) is 5.75 Å². The molecule has 0 bridgehead atoms. The lowest BCUT2D eigenvalue weighted by atomic mass is 9.66. The zero-order valence-corrected chi connectivity index (χ0v) is 30.3. The van der Waals surface area contributed by atoms with Gasteiger partial charge < -0.3 is 24.0 Å². The Kier molecular flexibility index (Phi) is 8.62. The number of rotatable bonds is 1. The van der Waals surface area contributed by atoms with Crippen molar-refractivity contribution in [1.82, 2.24) is 21.3 Å². The third kappa shape index (κ3) is 5.46. The zero-order chi connectivity index (χ0) is 36.6. The lowest BCUT2D eigenvalue weighted by Gasteiger charge is -2.55.